The van der Waals surface area contributed by atoms with Gasteiger partial charge in [-0.15, -0.1) is 0 Å². The van der Waals surface area contributed by atoms with Gasteiger partial charge in [-0.05, 0) is 24.8 Å². The average Bonchev–Trinajstić information content (AvgIpc) is 2.66. The van der Waals surface area contributed by atoms with Crippen LogP contribution in [0, 0.1) is 0 Å². The van der Waals surface area contributed by atoms with Crippen molar-refractivity contribution in [3.8, 4) is 0 Å². The van der Waals surface area contributed by atoms with Crippen LogP contribution in [0.15, 0.2) is 29.4 Å². The molecule has 0 unspecified atom stereocenters. The monoisotopic (exact) mass is 250 g/mol. The summed E-state index contributed by atoms with van der Waals surface area (Å²) in [5, 5.41) is 9.92. The van der Waals surface area contributed by atoms with Crippen LogP contribution in [0.5, 0.6) is 0 Å². The lowest BCUT2D eigenvalue weighted by Crippen LogP contribution is -2.16. The Morgan fingerprint density at radius 3 is 2.88 bits per heavy atom. The van der Waals surface area contributed by atoms with Crippen molar-refractivity contribution in [2.75, 3.05) is 5.75 Å². The van der Waals surface area contributed by atoms with Gasteiger partial charge in [-0.25, -0.2) is 9.78 Å². The van der Waals surface area contributed by atoms with Crippen LogP contribution in [0.3, 0.4) is 0 Å². The third-order valence-corrected chi connectivity index (χ3v) is 3.42. The van der Waals surface area contributed by atoms with Gasteiger partial charge in [-0.3, -0.25) is 0 Å². The molecule has 0 amide bonds. The van der Waals surface area contributed by atoms with Gasteiger partial charge in [0.1, 0.15) is 6.04 Å². The van der Waals surface area contributed by atoms with Gasteiger partial charge in [0.25, 0.3) is 0 Å². The van der Waals surface area contributed by atoms with Gasteiger partial charge < -0.3 is 9.67 Å². The molecule has 1 N–H and O–H groups in total. The first-order valence-corrected chi connectivity index (χ1v) is 6.46. The Balaban J connectivity index is 2.63. The number of benzene rings is 1. The zero-order chi connectivity index (χ0) is 12.4. The third-order valence-electron chi connectivity index (χ3n) is 2.58. The minimum Gasteiger partial charge on any atom is -0.480 e. The van der Waals surface area contributed by atoms with Gasteiger partial charge in [-0.1, -0.05) is 30.8 Å². The minimum atomic E-state index is -0.842. The maximum atomic E-state index is 11.1. The van der Waals surface area contributed by atoms with Crippen LogP contribution >= 0.6 is 11.8 Å². The topological polar surface area (TPSA) is 55.1 Å². The average molecular weight is 250 g/mol. The van der Waals surface area contributed by atoms with Crippen molar-refractivity contribution in [2.45, 2.75) is 25.0 Å². The second-order valence-electron chi connectivity index (χ2n) is 3.70. The van der Waals surface area contributed by atoms with E-state index in [-0.39, 0.29) is 0 Å². The summed E-state index contributed by atoms with van der Waals surface area (Å²) >= 11 is 1.56. The minimum absolute atomic E-state index is 0.601. The van der Waals surface area contributed by atoms with E-state index in [4.69, 9.17) is 5.11 Å². The van der Waals surface area contributed by atoms with Crippen LogP contribution < -0.4 is 0 Å². The fourth-order valence-corrected chi connectivity index (χ4v) is 2.55. The number of aliphatic carboxylic acids is 1. The highest BCUT2D eigenvalue weighted by Crippen LogP contribution is 2.27. The third kappa shape index (κ3) is 2.15. The van der Waals surface area contributed by atoms with E-state index in [2.05, 4.69) is 4.98 Å². The van der Waals surface area contributed by atoms with E-state index in [1.165, 1.54) is 0 Å². The van der Waals surface area contributed by atoms with Gasteiger partial charge >= 0.3 is 5.97 Å². The van der Waals surface area contributed by atoms with Crippen LogP contribution in [-0.2, 0) is 4.79 Å². The van der Waals surface area contributed by atoms with Crippen molar-refractivity contribution >= 4 is 28.8 Å². The summed E-state index contributed by atoms with van der Waals surface area (Å²) in [6.45, 7) is 3.70. The molecule has 1 aromatic carbocycles. The second-order valence-corrected chi connectivity index (χ2v) is 4.93. The number of imidazole rings is 1. The molecule has 0 saturated carbocycles. The highest BCUT2D eigenvalue weighted by molar-refractivity contribution is 7.99. The molecule has 17 heavy (non-hydrogen) atoms. The molecule has 0 aliphatic heterocycles. The number of para-hydroxylation sites is 2. The Morgan fingerprint density at radius 1 is 1.53 bits per heavy atom. The number of carbonyl (C=O) groups is 1. The number of carboxylic acid groups (broad SMARTS) is 1. The van der Waals surface area contributed by atoms with E-state index in [1.807, 2.05) is 31.2 Å². The van der Waals surface area contributed by atoms with Gasteiger partial charge in [0.15, 0.2) is 5.16 Å². The highest BCUT2D eigenvalue weighted by Gasteiger charge is 2.20. The van der Waals surface area contributed by atoms with Crippen LogP contribution in [-0.4, -0.2) is 26.4 Å². The van der Waals surface area contributed by atoms with Crippen LogP contribution in [0.2, 0.25) is 0 Å². The Morgan fingerprint density at radius 2 is 2.24 bits per heavy atom. The fourth-order valence-electron chi connectivity index (χ4n) is 1.74. The molecule has 1 aromatic heterocycles. The van der Waals surface area contributed by atoms with Crippen molar-refractivity contribution in [3.63, 3.8) is 0 Å². The number of fused-ring (bicyclic) bond motifs is 1. The largest absolute Gasteiger partial charge is 0.480 e. The van der Waals surface area contributed by atoms with Crippen LogP contribution in [0.1, 0.15) is 19.9 Å². The Bertz CT molecular complexity index is 550. The lowest BCUT2D eigenvalue weighted by atomic mass is 10.3. The quantitative estimate of drug-likeness (QED) is 0.848. The van der Waals surface area contributed by atoms with Crippen molar-refractivity contribution in [3.05, 3.63) is 24.3 Å². The first kappa shape index (κ1) is 12.0. The lowest BCUT2D eigenvalue weighted by molar-refractivity contribution is -0.140. The molecule has 5 heteroatoms. The van der Waals surface area contributed by atoms with Crippen LogP contribution in [0.25, 0.3) is 11.0 Å². The number of hydrogen-bond donors (Lipinski definition) is 1. The number of hydrogen-bond acceptors (Lipinski definition) is 3. The summed E-state index contributed by atoms with van der Waals surface area (Å²) in [6, 6.07) is 7.01. The van der Waals surface area contributed by atoms with Crippen molar-refractivity contribution in [1.29, 1.82) is 0 Å². The molecule has 1 atom stereocenters. The van der Waals surface area contributed by atoms with Crippen molar-refractivity contribution in [2.24, 2.45) is 0 Å². The zero-order valence-corrected chi connectivity index (χ0v) is 10.6. The number of aromatic nitrogens is 2. The SMILES string of the molecule is CCSc1nc2ccccc2n1[C@H](C)C(=O)O. The molecule has 2 aromatic rings. The molecular weight excluding hydrogens is 236 g/mol. The van der Waals surface area contributed by atoms with E-state index in [0.717, 1.165) is 21.9 Å². The van der Waals surface area contributed by atoms with E-state index < -0.39 is 12.0 Å². The predicted molar refractivity (Wildman–Crippen MR) is 68.5 cm³/mol. The number of carboxylic acids is 1. The number of thioether (sulfide) groups is 1. The summed E-state index contributed by atoms with van der Waals surface area (Å²) in [5.74, 6) is 0.0291. The lowest BCUT2D eigenvalue weighted by Gasteiger charge is -2.12. The Labute approximate surface area is 104 Å². The van der Waals surface area contributed by atoms with Crippen molar-refractivity contribution in [1.82, 2.24) is 9.55 Å². The van der Waals surface area contributed by atoms with Gasteiger partial charge in [0.2, 0.25) is 0 Å². The molecule has 0 fully saturated rings. The number of nitrogens with zero attached hydrogens (tertiary/aromatic N) is 2. The molecule has 2 rings (SSSR count). The molecule has 0 radical (unpaired) electrons. The summed E-state index contributed by atoms with van der Waals surface area (Å²) in [4.78, 5) is 15.6. The Hall–Kier alpha value is -1.49. The van der Waals surface area contributed by atoms with E-state index in [1.54, 1.807) is 23.3 Å². The maximum Gasteiger partial charge on any atom is 0.326 e. The molecule has 0 saturated heterocycles. The van der Waals surface area contributed by atoms with E-state index in [9.17, 15) is 4.79 Å². The molecular formula is C12H14N2O2S. The molecule has 0 bridgehead atoms. The fraction of sp³-hybridized carbons (Fsp3) is 0.333. The molecule has 0 aliphatic carbocycles. The standard InChI is InChI=1S/C12H14N2O2S/c1-3-17-12-13-9-6-4-5-7-10(9)14(12)8(2)11(15)16/h4-8H,3H2,1-2H3,(H,15,16)/t8-/m1/s1. The molecule has 4 nitrogen and oxygen atoms in total. The normalized spacial score (nSPS) is 12.8. The summed E-state index contributed by atoms with van der Waals surface area (Å²) in [5.41, 5.74) is 1.72. The zero-order valence-electron chi connectivity index (χ0n) is 9.75. The van der Waals surface area contributed by atoms with E-state index in [0.29, 0.717) is 0 Å². The highest BCUT2D eigenvalue weighted by atomic mass is 32.2. The summed E-state index contributed by atoms with van der Waals surface area (Å²) in [6.07, 6.45) is 0. The first-order chi connectivity index (χ1) is 8.15. The number of rotatable bonds is 4. The summed E-state index contributed by atoms with van der Waals surface area (Å²) in [7, 11) is 0. The molecule has 0 spiro atoms. The second kappa shape index (κ2) is 4.79. The molecule has 0 aliphatic rings. The molecule has 90 valence electrons. The molecule has 1 heterocycles. The van der Waals surface area contributed by atoms with Gasteiger partial charge in [0.05, 0.1) is 11.0 Å². The predicted octanol–water partition coefficient (Wildman–Crippen LogP) is 2.79. The first-order valence-electron chi connectivity index (χ1n) is 5.47. The smallest absolute Gasteiger partial charge is 0.326 e. The Kier molecular flexibility index (Phi) is 3.38. The van der Waals surface area contributed by atoms with Gasteiger partial charge in [-0.2, -0.15) is 0 Å². The maximum absolute atomic E-state index is 11.1. The van der Waals surface area contributed by atoms with Gasteiger partial charge in [0, 0.05) is 0 Å². The van der Waals surface area contributed by atoms with Crippen molar-refractivity contribution < 1.29 is 9.90 Å². The van der Waals surface area contributed by atoms with E-state index >= 15 is 0 Å². The van der Waals surface area contributed by atoms with Crippen LogP contribution in [0.4, 0.5) is 0 Å². The summed E-state index contributed by atoms with van der Waals surface area (Å²) < 4.78 is 1.78.